The number of nitrogens with one attached hydrogen (secondary N) is 1. The number of rotatable bonds is 4. The van der Waals surface area contributed by atoms with Gasteiger partial charge < -0.3 is 5.32 Å². The molecule has 0 saturated heterocycles. The fourth-order valence-electron chi connectivity index (χ4n) is 2.11. The number of hydrogen-bond acceptors (Lipinski definition) is 2. The van der Waals surface area contributed by atoms with Crippen molar-refractivity contribution < 1.29 is 0 Å². The summed E-state index contributed by atoms with van der Waals surface area (Å²) in [6.45, 7) is 5.13. The average molecular weight is 308 g/mol. The van der Waals surface area contributed by atoms with Crippen LogP contribution in [0.2, 0.25) is 0 Å². The molecule has 3 nitrogen and oxygen atoms in total. The second kappa shape index (κ2) is 5.67. The summed E-state index contributed by atoms with van der Waals surface area (Å²) in [6, 6.07) is 8.67. The number of halogens is 1. The smallest absolute Gasteiger partial charge is 0.0759 e. The molecule has 0 bridgehead atoms. The number of aryl methyl sites for hydroxylation is 2. The molecule has 4 heteroatoms. The van der Waals surface area contributed by atoms with Gasteiger partial charge in [-0.05, 0) is 36.7 Å². The third-order valence-electron chi connectivity index (χ3n) is 3.03. The molecule has 0 aliphatic heterocycles. The van der Waals surface area contributed by atoms with E-state index in [0.29, 0.717) is 0 Å². The fourth-order valence-corrected chi connectivity index (χ4v) is 2.83. The van der Waals surface area contributed by atoms with Gasteiger partial charge in [0.1, 0.15) is 0 Å². The highest BCUT2D eigenvalue weighted by Crippen LogP contribution is 2.29. The molecule has 1 aromatic carbocycles. The normalized spacial score (nSPS) is 12.7. The maximum atomic E-state index is 4.25. The van der Waals surface area contributed by atoms with E-state index in [1.54, 1.807) is 0 Å². The molecule has 1 aromatic heterocycles. The molecule has 1 atom stereocenters. The molecule has 2 aromatic rings. The van der Waals surface area contributed by atoms with E-state index in [0.717, 1.165) is 11.0 Å². The lowest BCUT2D eigenvalue weighted by atomic mass is 10.0. The zero-order valence-electron chi connectivity index (χ0n) is 10.9. The summed E-state index contributed by atoms with van der Waals surface area (Å²) in [7, 11) is 1.97. The van der Waals surface area contributed by atoms with Gasteiger partial charge in [0.05, 0.1) is 11.7 Å². The lowest BCUT2D eigenvalue weighted by Crippen LogP contribution is -2.24. The van der Waals surface area contributed by atoms with Crippen LogP contribution in [0.4, 0.5) is 0 Å². The third-order valence-corrected chi connectivity index (χ3v) is 3.72. The van der Waals surface area contributed by atoms with Crippen molar-refractivity contribution in [3.05, 3.63) is 51.8 Å². The molecule has 18 heavy (non-hydrogen) atoms. The molecular weight excluding hydrogens is 290 g/mol. The van der Waals surface area contributed by atoms with Crippen LogP contribution in [-0.2, 0) is 7.05 Å². The Kier molecular flexibility index (Phi) is 4.19. The minimum Gasteiger partial charge on any atom is -0.305 e. The van der Waals surface area contributed by atoms with Crippen LogP contribution < -0.4 is 5.32 Å². The molecule has 1 heterocycles. The largest absolute Gasteiger partial charge is 0.305 e. The maximum absolute atomic E-state index is 4.25. The number of aromatic nitrogens is 2. The molecule has 0 radical (unpaired) electrons. The Hall–Kier alpha value is -1.13. The molecule has 1 N–H and O–H groups in total. The van der Waals surface area contributed by atoms with E-state index < -0.39 is 0 Å². The van der Waals surface area contributed by atoms with Crippen molar-refractivity contribution in [2.75, 3.05) is 6.54 Å². The standard InChI is InChI=1S/C14H18BrN3/c1-4-16-14(13-7-8-17-18(13)3)11-6-5-10(2)9-12(11)15/h5-9,14,16H,4H2,1-3H3. The van der Waals surface area contributed by atoms with E-state index in [1.807, 2.05) is 17.9 Å². The first-order chi connectivity index (χ1) is 8.63. The molecule has 1 unspecified atom stereocenters. The van der Waals surface area contributed by atoms with Crippen LogP contribution >= 0.6 is 15.9 Å². The molecule has 96 valence electrons. The minimum atomic E-state index is 0.164. The Morgan fingerprint density at radius 2 is 2.17 bits per heavy atom. The Morgan fingerprint density at radius 3 is 2.72 bits per heavy atom. The van der Waals surface area contributed by atoms with Gasteiger partial charge in [-0.25, -0.2) is 0 Å². The maximum Gasteiger partial charge on any atom is 0.0759 e. The Morgan fingerprint density at radius 1 is 1.39 bits per heavy atom. The van der Waals surface area contributed by atoms with E-state index in [-0.39, 0.29) is 6.04 Å². The van der Waals surface area contributed by atoms with Crippen molar-refractivity contribution in [3.8, 4) is 0 Å². The van der Waals surface area contributed by atoms with Crippen LogP contribution in [0.1, 0.15) is 29.8 Å². The van der Waals surface area contributed by atoms with Gasteiger partial charge in [-0.2, -0.15) is 5.10 Å². The molecule has 0 fully saturated rings. The van der Waals surface area contributed by atoms with Gasteiger partial charge in [0, 0.05) is 17.7 Å². The van der Waals surface area contributed by atoms with Gasteiger partial charge in [0.25, 0.3) is 0 Å². The third kappa shape index (κ3) is 2.65. The molecular formula is C14H18BrN3. The van der Waals surface area contributed by atoms with Crippen molar-refractivity contribution in [2.45, 2.75) is 19.9 Å². The number of benzene rings is 1. The van der Waals surface area contributed by atoms with Crippen LogP contribution in [0.5, 0.6) is 0 Å². The van der Waals surface area contributed by atoms with Crippen LogP contribution in [-0.4, -0.2) is 16.3 Å². The molecule has 0 aliphatic carbocycles. The quantitative estimate of drug-likeness (QED) is 0.940. The first-order valence-corrected chi connectivity index (χ1v) is 6.90. The molecule has 0 amide bonds. The molecule has 2 rings (SSSR count). The fraction of sp³-hybridized carbons (Fsp3) is 0.357. The van der Waals surface area contributed by atoms with Crippen molar-refractivity contribution in [2.24, 2.45) is 7.05 Å². The van der Waals surface area contributed by atoms with E-state index in [1.165, 1.54) is 16.8 Å². The first-order valence-electron chi connectivity index (χ1n) is 6.10. The SMILES string of the molecule is CCNC(c1ccc(C)cc1Br)c1ccnn1C. The van der Waals surface area contributed by atoms with Crippen LogP contribution in [0.15, 0.2) is 34.9 Å². The number of nitrogens with zero attached hydrogens (tertiary/aromatic N) is 2. The Balaban J connectivity index is 2.45. The van der Waals surface area contributed by atoms with Gasteiger partial charge >= 0.3 is 0 Å². The van der Waals surface area contributed by atoms with Gasteiger partial charge in [-0.15, -0.1) is 0 Å². The van der Waals surface area contributed by atoms with Crippen LogP contribution in [0, 0.1) is 6.92 Å². The summed E-state index contributed by atoms with van der Waals surface area (Å²) in [5.41, 5.74) is 3.67. The van der Waals surface area contributed by atoms with Gasteiger partial charge in [-0.3, -0.25) is 4.68 Å². The zero-order valence-corrected chi connectivity index (χ0v) is 12.5. The Labute approximate surface area is 116 Å². The Bertz CT molecular complexity index is 534. The second-order valence-corrected chi connectivity index (χ2v) is 5.25. The number of hydrogen-bond donors (Lipinski definition) is 1. The predicted molar refractivity (Wildman–Crippen MR) is 77.6 cm³/mol. The van der Waals surface area contributed by atoms with Crippen LogP contribution in [0.25, 0.3) is 0 Å². The van der Waals surface area contributed by atoms with Crippen molar-refractivity contribution in [3.63, 3.8) is 0 Å². The summed E-state index contributed by atoms with van der Waals surface area (Å²) in [5.74, 6) is 0. The highest BCUT2D eigenvalue weighted by atomic mass is 79.9. The summed E-state index contributed by atoms with van der Waals surface area (Å²) >= 11 is 3.66. The predicted octanol–water partition coefficient (Wildman–Crippen LogP) is 3.19. The van der Waals surface area contributed by atoms with E-state index in [4.69, 9.17) is 0 Å². The summed E-state index contributed by atoms with van der Waals surface area (Å²) in [4.78, 5) is 0. The van der Waals surface area contributed by atoms with Gasteiger partial charge in [-0.1, -0.05) is 35.0 Å². The zero-order chi connectivity index (χ0) is 13.1. The molecule has 0 aliphatic rings. The van der Waals surface area contributed by atoms with Gasteiger partial charge in [0.2, 0.25) is 0 Å². The highest BCUT2D eigenvalue weighted by Gasteiger charge is 2.18. The monoisotopic (exact) mass is 307 g/mol. The van der Waals surface area contributed by atoms with Gasteiger partial charge in [0.15, 0.2) is 0 Å². The van der Waals surface area contributed by atoms with Crippen LogP contribution in [0.3, 0.4) is 0 Å². The lowest BCUT2D eigenvalue weighted by Gasteiger charge is -2.20. The van der Waals surface area contributed by atoms with E-state index >= 15 is 0 Å². The topological polar surface area (TPSA) is 29.9 Å². The lowest BCUT2D eigenvalue weighted by molar-refractivity contribution is 0.571. The average Bonchev–Trinajstić information content (AvgIpc) is 2.73. The van der Waals surface area contributed by atoms with E-state index in [9.17, 15) is 0 Å². The van der Waals surface area contributed by atoms with Crippen molar-refractivity contribution in [1.29, 1.82) is 0 Å². The molecule has 0 saturated carbocycles. The summed E-state index contributed by atoms with van der Waals surface area (Å²) in [5, 5.41) is 7.77. The minimum absolute atomic E-state index is 0.164. The first kappa shape index (κ1) is 13.3. The van der Waals surface area contributed by atoms with Crippen molar-refractivity contribution in [1.82, 2.24) is 15.1 Å². The molecule has 0 spiro atoms. The van der Waals surface area contributed by atoms with E-state index in [2.05, 4.69) is 64.5 Å². The summed E-state index contributed by atoms with van der Waals surface area (Å²) < 4.78 is 3.05. The van der Waals surface area contributed by atoms with Crippen molar-refractivity contribution >= 4 is 15.9 Å². The summed E-state index contributed by atoms with van der Waals surface area (Å²) in [6.07, 6.45) is 1.84. The second-order valence-electron chi connectivity index (χ2n) is 4.40. The highest BCUT2D eigenvalue weighted by molar-refractivity contribution is 9.10.